The van der Waals surface area contributed by atoms with Gasteiger partial charge in [-0.15, -0.1) is 0 Å². The molecule has 182 valence electrons. The lowest BCUT2D eigenvalue weighted by molar-refractivity contribution is -0.138. The van der Waals surface area contributed by atoms with Gasteiger partial charge in [0.05, 0.1) is 11.1 Å². The van der Waals surface area contributed by atoms with E-state index in [0.29, 0.717) is 25.6 Å². The van der Waals surface area contributed by atoms with E-state index in [0.717, 1.165) is 23.3 Å². The van der Waals surface area contributed by atoms with Crippen molar-refractivity contribution in [2.24, 2.45) is 0 Å². The number of rotatable bonds is 7. The second-order valence-corrected chi connectivity index (χ2v) is 8.46. The Kier molecular flexibility index (Phi) is 7.19. The number of likely N-dealkylation sites (tertiary alicyclic amines) is 1. The zero-order valence-electron chi connectivity index (χ0n) is 18.8. The number of hydrogen-bond acceptors (Lipinski definition) is 2. The lowest BCUT2D eigenvalue weighted by Crippen LogP contribution is -2.42. The number of hydrogen-bond donors (Lipinski definition) is 1. The van der Waals surface area contributed by atoms with E-state index in [-0.39, 0.29) is 18.2 Å². The summed E-state index contributed by atoms with van der Waals surface area (Å²) in [5.74, 6) is -2.87. The van der Waals surface area contributed by atoms with Crippen molar-refractivity contribution in [3.63, 3.8) is 0 Å². The van der Waals surface area contributed by atoms with Crippen LogP contribution in [0.3, 0.4) is 0 Å². The van der Waals surface area contributed by atoms with E-state index in [2.05, 4.69) is 5.32 Å². The molecule has 0 saturated carbocycles. The van der Waals surface area contributed by atoms with E-state index in [1.165, 1.54) is 0 Å². The van der Waals surface area contributed by atoms with Gasteiger partial charge in [0.2, 0.25) is 5.91 Å². The number of amides is 2. The summed E-state index contributed by atoms with van der Waals surface area (Å²) in [7, 11) is 0. The minimum atomic E-state index is -4.90. The number of carbonyl (C=O) groups excluding carboxylic acids is 2. The van der Waals surface area contributed by atoms with Crippen LogP contribution in [0.25, 0.3) is 0 Å². The first kappa shape index (κ1) is 24.4. The Hall–Kier alpha value is -3.68. The summed E-state index contributed by atoms with van der Waals surface area (Å²) in [6.07, 6.45) is -4.03. The van der Waals surface area contributed by atoms with Crippen LogP contribution in [0.4, 0.5) is 17.6 Å². The predicted molar refractivity (Wildman–Crippen MR) is 123 cm³/mol. The van der Waals surface area contributed by atoms with Gasteiger partial charge in [-0.05, 0) is 36.1 Å². The van der Waals surface area contributed by atoms with Crippen molar-refractivity contribution in [1.29, 1.82) is 0 Å². The largest absolute Gasteiger partial charge is 0.417 e. The Balaban J connectivity index is 1.44. The van der Waals surface area contributed by atoms with E-state index >= 15 is 0 Å². The third-order valence-corrected chi connectivity index (χ3v) is 6.24. The number of nitrogens with one attached hydrogen (secondary N) is 1. The molecule has 4 rings (SSSR count). The highest BCUT2D eigenvalue weighted by molar-refractivity contribution is 5.99. The summed E-state index contributed by atoms with van der Waals surface area (Å²) >= 11 is 0. The van der Waals surface area contributed by atoms with Gasteiger partial charge < -0.3 is 10.2 Å². The SMILES string of the molecule is O=C(NC1CCN(CCC(c2ccccc2)c2ccccc2)C1=O)c1c(F)cccc1C(F)(F)F. The standard InChI is InChI=1S/C27H24F4N2O2/c28-22-13-7-12-21(27(29,30)31)24(22)25(34)32-23-15-17-33(26(23)35)16-14-20(18-8-3-1-4-9-18)19-10-5-2-6-11-19/h1-13,20,23H,14-17H2,(H,32,34). The second-order valence-electron chi connectivity index (χ2n) is 8.46. The van der Waals surface area contributed by atoms with Crippen molar-refractivity contribution in [2.75, 3.05) is 13.1 Å². The molecule has 1 heterocycles. The highest BCUT2D eigenvalue weighted by Gasteiger charge is 2.39. The quantitative estimate of drug-likeness (QED) is 0.457. The molecule has 0 spiro atoms. The molecule has 1 saturated heterocycles. The highest BCUT2D eigenvalue weighted by Crippen LogP contribution is 2.33. The van der Waals surface area contributed by atoms with Gasteiger partial charge in [0.1, 0.15) is 11.9 Å². The molecule has 2 amide bonds. The molecule has 1 N–H and O–H groups in total. The topological polar surface area (TPSA) is 49.4 Å². The maximum Gasteiger partial charge on any atom is 0.417 e. The molecule has 35 heavy (non-hydrogen) atoms. The van der Waals surface area contributed by atoms with Crippen molar-refractivity contribution in [2.45, 2.75) is 31.0 Å². The summed E-state index contributed by atoms with van der Waals surface area (Å²) in [4.78, 5) is 27.1. The molecule has 4 nitrogen and oxygen atoms in total. The Morgan fingerprint density at radius 3 is 2.11 bits per heavy atom. The van der Waals surface area contributed by atoms with Crippen molar-refractivity contribution >= 4 is 11.8 Å². The van der Waals surface area contributed by atoms with Crippen LogP contribution in [0.2, 0.25) is 0 Å². The molecule has 0 aliphatic carbocycles. The Bertz CT molecular complexity index is 1140. The maximum absolute atomic E-state index is 14.2. The number of carbonyl (C=O) groups is 2. The second kappa shape index (κ2) is 10.3. The van der Waals surface area contributed by atoms with E-state index in [1.807, 2.05) is 60.7 Å². The normalized spacial score (nSPS) is 16.1. The molecule has 0 aromatic heterocycles. The minimum absolute atomic E-state index is 0.0478. The third kappa shape index (κ3) is 5.53. The molecule has 0 bridgehead atoms. The molecule has 1 aliphatic rings. The van der Waals surface area contributed by atoms with Crippen molar-refractivity contribution in [1.82, 2.24) is 10.2 Å². The fourth-order valence-electron chi connectivity index (χ4n) is 4.50. The molecule has 1 aliphatic heterocycles. The Labute approximate surface area is 200 Å². The van der Waals surface area contributed by atoms with Crippen molar-refractivity contribution < 1.29 is 27.2 Å². The zero-order valence-corrected chi connectivity index (χ0v) is 18.8. The molecule has 8 heteroatoms. The van der Waals surface area contributed by atoms with Crippen LogP contribution in [-0.4, -0.2) is 35.8 Å². The molecule has 3 aromatic carbocycles. The highest BCUT2D eigenvalue weighted by atomic mass is 19.4. The lowest BCUT2D eigenvalue weighted by atomic mass is 9.88. The Morgan fingerprint density at radius 2 is 1.54 bits per heavy atom. The predicted octanol–water partition coefficient (Wildman–Crippen LogP) is 5.40. The van der Waals surface area contributed by atoms with Crippen LogP contribution in [0.15, 0.2) is 78.9 Å². The molecule has 1 atom stereocenters. The van der Waals surface area contributed by atoms with Gasteiger partial charge in [0.15, 0.2) is 0 Å². The minimum Gasteiger partial charge on any atom is -0.341 e. The van der Waals surface area contributed by atoms with Crippen LogP contribution in [0, 0.1) is 5.82 Å². The average molecular weight is 484 g/mol. The molecule has 1 fully saturated rings. The molecular weight excluding hydrogens is 460 g/mol. The fourth-order valence-corrected chi connectivity index (χ4v) is 4.50. The van der Waals surface area contributed by atoms with Gasteiger partial charge in [0.25, 0.3) is 5.91 Å². The van der Waals surface area contributed by atoms with Gasteiger partial charge >= 0.3 is 6.18 Å². The number of halogens is 4. The molecule has 0 radical (unpaired) electrons. The first-order chi connectivity index (χ1) is 16.8. The van der Waals surface area contributed by atoms with Gasteiger partial charge in [0, 0.05) is 19.0 Å². The molecule has 1 unspecified atom stereocenters. The summed E-state index contributed by atoms with van der Waals surface area (Å²) < 4.78 is 54.0. The monoisotopic (exact) mass is 484 g/mol. The molecule has 3 aromatic rings. The Morgan fingerprint density at radius 1 is 0.943 bits per heavy atom. The number of benzene rings is 3. The van der Waals surface area contributed by atoms with Crippen LogP contribution in [0.5, 0.6) is 0 Å². The zero-order chi connectivity index (χ0) is 25.0. The number of alkyl halides is 3. The maximum atomic E-state index is 14.2. The van der Waals surface area contributed by atoms with E-state index in [9.17, 15) is 27.2 Å². The van der Waals surface area contributed by atoms with Crippen molar-refractivity contribution in [3.8, 4) is 0 Å². The summed E-state index contributed by atoms with van der Waals surface area (Å²) in [5.41, 5.74) is -0.255. The van der Waals surface area contributed by atoms with Crippen molar-refractivity contribution in [3.05, 3.63) is 107 Å². The summed E-state index contributed by atoms with van der Waals surface area (Å²) in [6.45, 7) is 0.761. The first-order valence-corrected chi connectivity index (χ1v) is 11.3. The van der Waals surface area contributed by atoms with Crippen LogP contribution >= 0.6 is 0 Å². The fraction of sp³-hybridized carbons (Fsp3) is 0.259. The van der Waals surface area contributed by atoms with E-state index in [1.54, 1.807) is 4.90 Å². The van der Waals surface area contributed by atoms with Crippen LogP contribution in [-0.2, 0) is 11.0 Å². The first-order valence-electron chi connectivity index (χ1n) is 11.3. The van der Waals surface area contributed by atoms with E-state index < -0.39 is 35.1 Å². The summed E-state index contributed by atoms with van der Waals surface area (Å²) in [6, 6.07) is 21.1. The number of nitrogens with zero attached hydrogens (tertiary/aromatic N) is 1. The van der Waals surface area contributed by atoms with Gasteiger partial charge in [-0.3, -0.25) is 9.59 Å². The lowest BCUT2D eigenvalue weighted by Gasteiger charge is -2.23. The average Bonchev–Trinajstić information content (AvgIpc) is 3.18. The van der Waals surface area contributed by atoms with Gasteiger partial charge in [-0.1, -0.05) is 66.7 Å². The smallest absolute Gasteiger partial charge is 0.341 e. The summed E-state index contributed by atoms with van der Waals surface area (Å²) in [5, 5.41) is 2.31. The van der Waals surface area contributed by atoms with Gasteiger partial charge in [-0.25, -0.2) is 4.39 Å². The van der Waals surface area contributed by atoms with E-state index in [4.69, 9.17) is 0 Å². The van der Waals surface area contributed by atoms with Crippen LogP contribution < -0.4 is 5.32 Å². The molecular formula is C27H24F4N2O2. The van der Waals surface area contributed by atoms with Gasteiger partial charge in [-0.2, -0.15) is 13.2 Å². The van der Waals surface area contributed by atoms with Crippen LogP contribution in [0.1, 0.15) is 45.8 Å². The third-order valence-electron chi connectivity index (χ3n) is 6.24.